The summed E-state index contributed by atoms with van der Waals surface area (Å²) in [5, 5.41) is 18.6. The summed E-state index contributed by atoms with van der Waals surface area (Å²) in [6.45, 7) is 11.2. The highest BCUT2D eigenvalue weighted by Gasteiger charge is 2.42. The lowest BCUT2D eigenvalue weighted by Gasteiger charge is -2.27. The molecule has 32 heavy (non-hydrogen) atoms. The Bertz CT molecular complexity index is 1160. The molecule has 0 saturated carbocycles. The van der Waals surface area contributed by atoms with E-state index in [1.807, 2.05) is 11.8 Å². The maximum absolute atomic E-state index is 13.3. The van der Waals surface area contributed by atoms with Gasteiger partial charge < -0.3 is 10.0 Å². The first-order valence-corrected chi connectivity index (χ1v) is 11.5. The Morgan fingerprint density at radius 1 is 1.19 bits per heavy atom. The van der Waals surface area contributed by atoms with Crippen LogP contribution in [-0.2, 0) is 5.41 Å². The topological polar surface area (TPSA) is 69.2 Å². The van der Waals surface area contributed by atoms with Crippen LogP contribution >= 0.6 is 11.6 Å². The van der Waals surface area contributed by atoms with Gasteiger partial charge >= 0.3 is 0 Å². The van der Waals surface area contributed by atoms with E-state index in [9.17, 15) is 9.90 Å². The Morgan fingerprint density at radius 3 is 2.50 bits per heavy atom. The average Bonchev–Trinajstić information content (AvgIpc) is 3.27. The van der Waals surface area contributed by atoms with Crippen LogP contribution in [0.5, 0.6) is 5.75 Å². The van der Waals surface area contributed by atoms with E-state index in [2.05, 4.69) is 62.2 Å². The van der Waals surface area contributed by atoms with Crippen LogP contribution in [0.15, 0.2) is 36.4 Å². The molecule has 0 bridgehead atoms. The molecule has 0 spiro atoms. The van der Waals surface area contributed by atoms with E-state index in [1.54, 1.807) is 12.1 Å². The first-order valence-electron chi connectivity index (χ1n) is 11.1. The molecule has 2 N–H and O–H groups in total. The van der Waals surface area contributed by atoms with Gasteiger partial charge in [-0.05, 0) is 47.6 Å². The van der Waals surface area contributed by atoms with Gasteiger partial charge in [-0.25, -0.2) is 0 Å². The predicted molar refractivity (Wildman–Crippen MR) is 128 cm³/mol. The molecule has 2 heterocycles. The van der Waals surface area contributed by atoms with E-state index in [0.717, 1.165) is 29.5 Å². The van der Waals surface area contributed by atoms with Crippen molar-refractivity contribution in [3.63, 3.8) is 0 Å². The maximum Gasteiger partial charge on any atom is 0.273 e. The number of H-pyrrole nitrogens is 1. The lowest BCUT2D eigenvalue weighted by atomic mass is 9.85. The Kier molecular flexibility index (Phi) is 5.80. The summed E-state index contributed by atoms with van der Waals surface area (Å²) < 4.78 is 0. The molecule has 6 heteroatoms. The van der Waals surface area contributed by atoms with Crippen LogP contribution in [0.4, 0.5) is 0 Å². The summed E-state index contributed by atoms with van der Waals surface area (Å²) in [4.78, 5) is 15.2. The number of carbonyl (C=O) groups excluding carboxylic acids is 1. The fourth-order valence-electron chi connectivity index (χ4n) is 4.33. The van der Waals surface area contributed by atoms with Crippen molar-refractivity contribution in [2.45, 2.75) is 58.9 Å². The van der Waals surface area contributed by atoms with E-state index >= 15 is 0 Å². The quantitative estimate of drug-likeness (QED) is 0.472. The van der Waals surface area contributed by atoms with Crippen molar-refractivity contribution in [1.29, 1.82) is 0 Å². The molecular weight excluding hydrogens is 422 g/mol. The second kappa shape index (κ2) is 8.28. The summed E-state index contributed by atoms with van der Waals surface area (Å²) >= 11 is 6.37. The minimum absolute atomic E-state index is 0.0440. The predicted octanol–water partition coefficient (Wildman–Crippen LogP) is 6.39. The fourth-order valence-corrected chi connectivity index (χ4v) is 4.49. The molecule has 3 aromatic rings. The molecule has 1 aromatic heterocycles. The molecule has 2 aromatic carbocycles. The number of carbonyl (C=O) groups is 1. The minimum Gasteiger partial charge on any atom is -0.507 e. The number of benzene rings is 2. The largest absolute Gasteiger partial charge is 0.507 e. The Balaban J connectivity index is 1.87. The van der Waals surface area contributed by atoms with Crippen molar-refractivity contribution in [2.24, 2.45) is 0 Å². The van der Waals surface area contributed by atoms with Gasteiger partial charge in [-0.3, -0.25) is 9.89 Å². The number of phenols is 1. The normalized spacial score (nSPS) is 16.0. The number of fused-ring (bicyclic) bond motifs is 1. The monoisotopic (exact) mass is 451 g/mol. The number of phenolic OH excluding ortho intramolecular Hbond substituents is 1. The molecule has 1 aliphatic rings. The number of aromatic hydroxyl groups is 1. The number of halogens is 1. The second-order valence-electron chi connectivity index (χ2n) is 9.61. The van der Waals surface area contributed by atoms with Gasteiger partial charge in [-0.1, -0.05) is 70.0 Å². The second-order valence-corrected chi connectivity index (χ2v) is 10.0. The van der Waals surface area contributed by atoms with Gasteiger partial charge in [0.25, 0.3) is 5.91 Å². The van der Waals surface area contributed by atoms with Gasteiger partial charge in [0.1, 0.15) is 17.1 Å². The highest BCUT2D eigenvalue weighted by atomic mass is 35.5. The van der Waals surface area contributed by atoms with Gasteiger partial charge in [0.05, 0.1) is 6.04 Å². The molecule has 1 atom stereocenters. The SMILES string of the molecule is CCCCN1C(=O)c2[nH]nc(-c3cc(Cl)c(C)cc3O)c2C1c1ccc(C(C)(C)C)cc1. The van der Waals surface area contributed by atoms with E-state index in [-0.39, 0.29) is 23.1 Å². The number of amides is 1. The molecule has 1 aliphatic heterocycles. The lowest BCUT2D eigenvalue weighted by molar-refractivity contribution is 0.0741. The number of nitrogens with zero attached hydrogens (tertiary/aromatic N) is 2. The molecule has 168 valence electrons. The Morgan fingerprint density at radius 2 is 1.88 bits per heavy atom. The molecule has 0 fully saturated rings. The zero-order valence-corrected chi connectivity index (χ0v) is 20.0. The number of nitrogens with one attached hydrogen (secondary N) is 1. The minimum atomic E-state index is -0.272. The maximum atomic E-state index is 13.3. The highest BCUT2D eigenvalue weighted by Crippen LogP contribution is 2.45. The first-order chi connectivity index (χ1) is 15.1. The number of hydrogen-bond donors (Lipinski definition) is 2. The van der Waals surface area contributed by atoms with E-state index in [1.165, 1.54) is 5.56 Å². The van der Waals surface area contributed by atoms with Crippen LogP contribution in [0, 0.1) is 6.92 Å². The average molecular weight is 452 g/mol. The van der Waals surface area contributed by atoms with Crippen molar-refractivity contribution in [2.75, 3.05) is 6.54 Å². The van der Waals surface area contributed by atoms with Gasteiger partial charge in [0.2, 0.25) is 0 Å². The van der Waals surface area contributed by atoms with Crippen molar-refractivity contribution in [3.8, 4) is 17.0 Å². The Hall–Kier alpha value is -2.79. The van der Waals surface area contributed by atoms with Gasteiger partial charge in [-0.2, -0.15) is 5.10 Å². The molecule has 0 aliphatic carbocycles. The van der Waals surface area contributed by atoms with Crippen molar-refractivity contribution >= 4 is 17.5 Å². The van der Waals surface area contributed by atoms with E-state index in [0.29, 0.717) is 28.5 Å². The molecule has 1 amide bonds. The van der Waals surface area contributed by atoms with Gasteiger partial charge in [0, 0.05) is 22.7 Å². The van der Waals surface area contributed by atoms with Gasteiger partial charge in [0.15, 0.2) is 0 Å². The number of aromatic amines is 1. The first kappa shape index (κ1) is 22.4. The number of aromatic nitrogens is 2. The smallest absolute Gasteiger partial charge is 0.273 e. The number of rotatable bonds is 5. The Labute approximate surface area is 194 Å². The molecule has 4 rings (SSSR count). The van der Waals surface area contributed by atoms with Crippen LogP contribution < -0.4 is 0 Å². The highest BCUT2D eigenvalue weighted by molar-refractivity contribution is 6.31. The number of aryl methyl sites for hydroxylation is 1. The third-order valence-corrected chi connectivity index (χ3v) is 6.65. The summed E-state index contributed by atoms with van der Waals surface area (Å²) in [6.07, 6.45) is 1.91. The summed E-state index contributed by atoms with van der Waals surface area (Å²) in [6, 6.07) is 11.6. The van der Waals surface area contributed by atoms with E-state index < -0.39 is 0 Å². The molecule has 0 radical (unpaired) electrons. The van der Waals surface area contributed by atoms with Crippen molar-refractivity contribution < 1.29 is 9.90 Å². The van der Waals surface area contributed by atoms with Crippen LogP contribution in [0.2, 0.25) is 5.02 Å². The van der Waals surface area contributed by atoms with E-state index in [4.69, 9.17) is 11.6 Å². The zero-order valence-electron chi connectivity index (χ0n) is 19.3. The van der Waals surface area contributed by atoms with Crippen molar-refractivity contribution in [3.05, 3.63) is 69.4 Å². The van der Waals surface area contributed by atoms with Crippen LogP contribution in [-0.4, -0.2) is 32.7 Å². The molecule has 0 saturated heterocycles. The van der Waals surface area contributed by atoms with Crippen molar-refractivity contribution in [1.82, 2.24) is 15.1 Å². The third-order valence-electron chi connectivity index (χ3n) is 6.24. The zero-order chi connectivity index (χ0) is 23.2. The summed E-state index contributed by atoms with van der Waals surface area (Å²) in [5.41, 5.74) is 5.47. The van der Waals surface area contributed by atoms with Crippen LogP contribution in [0.1, 0.15) is 79.3 Å². The lowest BCUT2D eigenvalue weighted by Crippen LogP contribution is -2.30. The standard InChI is InChI=1S/C26H30ClN3O2/c1-6-7-12-30-24(16-8-10-17(11-9-16)26(3,4)5)21-22(28-29-23(21)25(30)32)18-14-19(27)15(2)13-20(18)31/h8-11,13-14,24,31H,6-7,12H2,1-5H3,(H,28,29). The molecule has 1 unspecified atom stereocenters. The van der Waals surface area contributed by atoms with Gasteiger partial charge in [-0.15, -0.1) is 0 Å². The number of unbranched alkanes of at least 4 members (excludes halogenated alkanes) is 1. The molecule has 5 nitrogen and oxygen atoms in total. The number of hydrogen-bond acceptors (Lipinski definition) is 3. The fraction of sp³-hybridized carbons (Fsp3) is 0.385. The molecular formula is C26H30ClN3O2. The summed E-state index contributed by atoms with van der Waals surface area (Å²) in [5.74, 6) is 0.0392. The van der Waals surface area contributed by atoms with Crippen LogP contribution in [0.3, 0.4) is 0 Å². The summed E-state index contributed by atoms with van der Waals surface area (Å²) in [7, 11) is 0. The third kappa shape index (κ3) is 3.79. The van der Waals surface area contributed by atoms with Crippen LogP contribution in [0.25, 0.3) is 11.3 Å².